The first-order chi connectivity index (χ1) is 15.3. The first kappa shape index (κ1) is 24.3. The topological polar surface area (TPSA) is 32.3 Å². The van der Waals surface area contributed by atoms with E-state index in [0.29, 0.717) is 30.9 Å². The van der Waals surface area contributed by atoms with E-state index in [4.69, 9.17) is 23.2 Å². The quantitative estimate of drug-likeness (QED) is 0.417. The predicted octanol–water partition coefficient (Wildman–Crippen LogP) is 7.17. The van der Waals surface area contributed by atoms with E-state index in [1.54, 1.807) is 11.0 Å². The Morgan fingerprint density at radius 1 is 1.28 bits per heavy atom. The standard InChI is InChI=1S/C26H29Cl2FN2O/c1-4-5-6-19(23-15-20(27)8-7-17(23)2)11-13-30-18(3)22-12-14-31(26(22)32)21-9-10-24(28)25(29)16-21/h6-10,15-16,22,30H,3-5,11-14H2,1-2H3/b19-6-. The molecule has 6 heteroatoms. The molecule has 0 spiro atoms. The first-order valence-corrected chi connectivity index (χ1v) is 11.7. The van der Waals surface area contributed by atoms with E-state index in [1.807, 2.05) is 18.2 Å². The SMILES string of the molecule is C=C(NCC/C(=C/CCC)c1cc(Cl)ccc1C)C1CCN(c2ccc(Cl)c(F)c2)C1=O. The van der Waals surface area contributed by atoms with Crippen LogP contribution in [0.25, 0.3) is 5.57 Å². The van der Waals surface area contributed by atoms with Gasteiger partial charge in [0.25, 0.3) is 0 Å². The molecule has 0 saturated carbocycles. The molecule has 1 amide bonds. The lowest BCUT2D eigenvalue weighted by Gasteiger charge is -2.19. The number of amides is 1. The number of nitrogens with one attached hydrogen (secondary N) is 1. The second-order valence-corrected chi connectivity index (χ2v) is 8.95. The zero-order chi connectivity index (χ0) is 23.3. The van der Waals surface area contributed by atoms with Gasteiger partial charge >= 0.3 is 0 Å². The summed E-state index contributed by atoms with van der Waals surface area (Å²) < 4.78 is 13.8. The molecule has 3 nitrogen and oxygen atoms in total. The van der Waals surface area contributed by atoms with Crippen molar-refractivity contribution in [3.8, 4) is 0 Å². The lowest BCUT2D eigenvalue weighted by molar-refractivity contribution is -0.119. The molecular formula is C26H29Cl2FN2O. The van der Waals surface area contributed by atoms with Gasteiger partial charge in [-0.15, -0.1) is 0 Å². The van der Waals surface area contributed by atoms with Gasteiger partial charge in [-0.1, -0.05) is 55.3 Å². The van der Waals surface area contributed by atoms with Gasteiger partial charge in [-0.2, -0.15) is 0 Å². The summed E-state index contributed by atoms with van der Waals surface area (Å²) in [6, 6.07) is 10.4. The molecule has 2 aromatic carbocycles. The fourth-order valence-electron chi connectivity index (χ4n) is 4.00. The van der Waals surface area contributed by atoms with Crippen LogP contribution in [0.1, 0.15) is 43.7 Å². The zero-order valence-corrected chi connectivity index (χ0v) is 20.1. The van der Waals surface area contributed by atoms with Crippen LogP contribution in [0.4, 0.5) is 10.1 Å². The number of carbonyl (C=O) groups excluding carboxylic acids is 1. The molecular weight excluding hydrogens is 446 g/mol. The molecule has 1 atom stereocenters. The number of carbonyl (C=O) groups is 1. The van der Waals surface area contributed by atoms with Crippen LogP contribution in [-0.2, 0) is 4.79 Å². The summed E-state index contributed by atoms with van der Waals surface area (Å²) in [5, 5.41) is 4.12. The lowest BCUT2D eigenvalue weighted by Crippen LogP contribution is -2.30. The highest BCUT2D eigenvalue weighted by Crippen LogP contribution is 2.31. The average molecular weight is 475 g/mol. The van der Waals surface area contributed by atoms with Crippen molar-refractivity contribution in [1.29, 1.82) is 0 Å². The Morgan fingerprint density at radius 2 is 2.06 bits per heavy atom. The van der Waals surface area contributed by atoms with E-state index >= 15 is 0 Å². The molecule has 2 aromatic rings. The van der Waals surface area contributed by atoms with Crippen molar-refractivity contribution in [2.75, 3.05) is 18.0 Å². The monoisotopic (exact) mass is 474 g/mol. The van der Waals surface area contributed by atoms with Crippen molar-refractivity contribution in [2.45, 2.75) is 39.5 Å². The number of hydrogen-bond acceptors (Lipinski definition) is 2. The fraction of sp³-hybridized carbons (Fsp3) is 0.346. The molecule has 3 rings (SSSR count). The number of rotatable bonds is 9. The van der Waals surface area contributed by atoms with Crippen LogP contribution >= 0.6 is 23.2 Å². The van der Waals surface area contributed by atoms with E-state index in [0.717, 1.165) is 29.8 Å². The third-order valence-corrected chi connectivity index (χ3v) is 6.35. The van der Waals surface area contributed by atoms with Gasteiger partial charge in [-0.3, -0.25) is 4.79 Å². The summed E-state index contributed by atoms with van der Waals surface area (Å²) >= 11 is 12.0. The highest BCUT2D eigenvalue weighted by atomic mass is 35.5. The van der Waals surface area contributed by atoms with Gasteiger partial charge in [-0.25, -0.2) is 4.39 Å². The normalized spacial score (nSPS) is 16.5. The summed E-state index contributed by atoms with van der Waals surface area (Å²) in [6.07, 6.45) is 5.77. The van der Waals surface area contributed by atoms with Crippen LogP contribution in [0.15, 0.2) is 54.8 Å². The Hall–Kier alpha value is -2.30. The number of unbranched alkanes of at least 4 members (excludes halogenated alkanes) is 1. The van der Waals surface area contributed by atoms with Crippen LogP contribution in [-0.4, -0.2) is 19.0 Å². The molecule has 170 valence electrons. The van der Waals surface area contributed by atoms with Gasteiger partial charge in [0, 0.05) is 29.5 Å². The molecule has 1 saturated heterocycles. The highest BCUT2D eigenvalue weighted by Gasteiger charge is 2.34. The number of halogens is 3. The minimum absolute atomic E-state index is 0.0462. The molecule has 0 aliphatic carbocycles. The number of nitrogens with zero attached hydrogens (tertiary/aromatic N) is 1. The maximum absolute atomic E-state index is 13.8. The van der Waals surface area contributed by atoms with E-state index in [1.165, 1.54) is 23.3 Å². The second kappa shape index (κ2) is 11.0. The molecule has 32 heavy (non-hydrogen) atoms. The number of aryl methyl sites for hydroxylation is 1. The smallest absolute Gasteiger partial charge is 0.236 e. The molecule has 0 radical (unpaired) electrons. The van der Waals surface area contributed by atoms with Crippen molar-refractivity contribution in [2.24, 2.45) is 5.92 Å². The summed E-state index contributed by atoms with van der Waals surface area (Å²) in [6.45, 7) is 9.55. The van der Waals surface area contributed by atoms with Gasteiger partial charge in [0.15, 0.2) is 0 Å². The van der Waals surface area contributed by atoms with Crippen molar-refractivity contribution in [3.05, 3.63) is 81.7 Å². The van der Waals surface area contributed by atoms with Gasteiger partial charge in [0.1, 0.15) is 5.82 Å². The van der Waals surface area contributed by atoms with Gasteiger partial charge < -0.3 is 10.2 Å². The first-order valence-electron chi connectivity index (χ1n) is 11.0. The van der Waals surface area contributed by atoms with E-state index in [2.05, 4.69) is 31.8 Å². The van der Waals surface area contributed by atoms with Crippen molar-refractivity contribution in [1.82, 2.24) is 5.32 Å². The predicted molar refractivity (Wildman–Crippen MR) is 133 cm³/mol. The molecule has 1 aliphatic heterocycles. The van der Waals surface area contributed by atoms with Crippen LogP contribution in [0, 0.1) is 18.7 Å². The largest absolute Gasteiger partial charge is 0.388 e. The third-order valence-electron chi connectivity index (χ3n) is 5.81. The Balaban J connectivity index is 1.62. The molecule has 1 unspecified atom stereocenters. The van der Waals surface area contributed by atoms with Gasteiger partial charge in [-0.05, 0) is 73.2 Å². The van der Waals surface area contributed by atoms with Crippen LogP contribution in [0.3, 0.4) is 0 Å². The number of anilines is 1. The highest BCUT2D eigenvalue weighted by molar-refractivity contribution is 6.31. The molecule has 0 bridgehead atoms. The molecule has 1 heterocycles. The summed E-state index contributed by atoms with van der Waals surface area (Å²) in [5.74, 6) is -0.929. The number of benzene rings is 2. The Kier molecular flexibility index (Phi) is 8.38. The maximum Gasteiger partial charge on any atom is 0.236 e. The molecule has 1 fully saturated rings. The maximum atomic E-state index is 13.8. The fourth-order valence-corrected chi connectivity index (χ4v) is 4.29. The minimum atomic E-state index is -0.528. The summed E-state index contributed by atoms with van der Waals surface area (Å²) in [7, 11) is 0. The zero-order valence-electron chi connectivity index (χ0n) is 18.6. The summed E-state index contributed by atoms with van der Waals surface area (Å²) in [4.78, 5) is 14.5. The summed E-state index contributed by atoms with van der Waals surface area (Å²) in [5.41, 5.74) is 4.81. The van der Waals surface area contributed by atoms with Crippen molar-refractivity contribution in [3.63, 3.8) is 0 Å². The molecule has 1 aliphatic rings. The number of hydrogen-bond donors (Lipinski definition) is 1. The molecule has 1 N–H and O–H groups in total. The average Bonchev–Trinajstić information content (AvgIpc) is 3.15. The van der Waals surface area contributed by atoms with Crippen molar-refractivity contribution < 1.29 is 9.18 Å². The van der Waals surface area contributed by atoms with E-state index in [9.17, 15) is 9.18 Å². The van der Waals surface area contributed by atoms with Gasteiger partial charge in [0.2, 0.25) is 5.91 Å². The lowest BCUT2D eigenvalue weighted by atomic mass is 9.96. The Bertz CT molecular complexity index is 1030. The third kappa shape index (κ3) is 5.73. The minimum Gasteiger partial charge on any atom is -0.388 e. The number of allylic oxidation sites excluding steroid dienone is 1. The van der Waals surface area contributed by atoms with Crippen molar-refractivity contribution >= 4 is 40.4 Å². The molecule has 0 aromatic heterocycles. The van der Waals surface area contributed by atoms with E-state index in [-0.39, 0.29) is 16.8 Å². The van der Waals surface area contributed by atoms with E-state index < -0.39 is 5.82 Å². The Morgan fingerprint density at radius 3 is 2.78 bits per heavy atom. The second-order valence-electron chi connectivity index (χ2n) is 8.11. The van der Waals surface area contributed by atoms with Crippen LogP contribution < -0.4 is 10.2 Å². The Labute approximate surface area is 199 Å². The van der Waals surface area contributed by atoms with Crippen LogP contribution in [0.2, 0.25) is 10.0 Å². The van der Waals surface area contributed by atoms with Gasteiger partial charge in [0.05, 0.1) is 10.9 Å². The van der Waals surface area contributed by atoms with Crippen LogP contribution in [0.5, 0.6) is 0 Å².